The summed E-state index contributed by atoms with van der Waals surface area (Å²) in [4.78, 5) is 12.2. The first-order valence-electron chi connectivity index (χ1n) is 5.08. The summed E-state index contributed by atoms with van der Waals surface area (Å²) in [7, 11) is 2.94. The number of anilines is 1. The smallest absolute Gasteiger partial charge is 0.239 e. The maximum Gasteiger partial charge on any atom is 0.239 e. The third-order valence-corrected chi connectivity index (χ3v) is 2.62. The van der Waals surface area contributed by atoms with E-state index in [0.717, 1.165) is 0 Å². The standard InChI is InChI=1S/C11H13F2N3OS/c1-15-8(17)5-16(2)7-4-3-6(11(14)18)9(12)10(7)13/h3-4H,5H2,1-2H3,(H2,14,18)(H,15,17). The Morgan fingerprint density at radius 2 is 2.06 bits per heavy atom. The van der Waals surface area contributed by atoms with Crippen LogP contribution in [0.5, 0.6) is 0 Å². The third kappa shape index (κ3) is 2.92. The first-order chi connectivity index (χ1) is 8.38. The SMILES string of the molecule is CNC(=O)CN(C)c1ccc(C(N)=S)c(F)c1F. The lowest BCUT2D eigenvalue weighted by atomic mass is 10.1. The van der Waals surface area contributed by atoms with Gasteiger partial charge in [0.2, 0.25) is 5.91 Å². The molecule has 0 aromatic heterocycles. The number of thiocarbonyl (C=S) groups is 1. The van der Waals surface area contributed by atoms with Gasteiger partial charge in [-0.25, -0.2) is 8.78 Å². The molecule has 0 saturated carbocycles. The second-order valence-corrected chi connectivity index (χ2v) is 4.09. The van der Waals surface area contributed by atoms with Gasteiger partial charge in [0.05, 0.1) is 12.2 Å². The molecule has 18 heavy (non-hydrogen) atoms. The van der Waals surface area contributed by atoms with E-state index in [2.05, 4.69) is 17.5 Å². The predicted octanol–water partition coefficient (Wildman–Crippen LogP) is 0.781. The summed E-state index contributed by atoms with van der Waals surface area (Å²) in [6.45, 7) is -0.0840. The number of carbonyl (C=O) groups is 1. The Morgan fingerprint density at radius 1 is 1.44 bits per heavy atom. The molecule has 7 heteroatoms. The Kier molecular flexibility index (Phi) is 4.55. The van der Waals surface area contributed by atoms with Crippen molar-refractivity contribution in [1.82, 2.24) is 5.32 Å². The molecule has 1 rings (SSSR count). The van der Waals surface area contributed by atoms with Gasteiger partial charge in [0.25, 0.3) is 0 Å². The fourth-order valence-electron chi connectivity index (χ4n) is 1.40. The van der Waals surface area contributed by atoms with E-state index in [1.807, 2.05) is 0 Å². The minimum absolute atomic E-state index is 0.0314. The minimum Gasteiger partial charge on any atom is -0.389 e. The molecule has 98 valence electrons. The van der Waals surface area contributed by atoms with Gasteiger partial charge in [0.1, 0.15) is 4.99 Å². The van der Waals surface area contributed by atoms with E-state index in [0.29, 0.717) is 0 Å². The van der Waals surface area contributed by atoms with E-state index in [-0.39, 0.29) is 28.7 Å². The summed E-state index contributed by atoms with van der Waals surface area (Å²) in [5.74, 6) is -2.49. The summed E-state index contributed by atoms with van der Waals surface area (Å²) in [6, 6.07) is 2.62. The van der Waals surface area contributed by atoms with Crippen molar-refractivity contribution in [3.8, 4) is 0 Å². The van der Waals surface area contributed by atoms with Gasteiger partial charge in [-0.2, -0.15) is 0 Å². The fourth-order valence-corrected chi connectivity index (χ4v) is 1.56. The van der Waals surface area contributed by atoms with Gasteiger partial charge in [-0.05, 0) is 12.1 Å². The van der Waals surface area contributed by atoms with E-state index < -0.39 is 11.6 Å². The molecule has 0 radical (unpaired) electrons. The van der Waals surface area contributed by atoms with Gasteiger partial charge in [-0.3, -0.25) is 4.79 Å². The largest absolute Gasteiger partial charge is 0.389 e. The zero-order chi connectivity index (χ0) is 13.9. The summed E-state index contributed by atoms with van der Waals surface area (Å²) in [6.07, 6.45) is 0. The van der Waals surface area contributed by atoms with Gasteiger partial charge in [-0.15, -0.1) is 0 Å². The number of carbonyl (C=O) groups excluding carboxylic acids is 1. The number of likely N-dealkylation sites (N-methyl/N-ethyl adjacent to an activating group) is 2. The van der Waals surface area contributed by atoms with E-state index in [1.165, 1.54) is 31.1 Å². The van der Waals surface area contributed by atoms with Crippen molar-refractivity contribution >= 4 is 28.8 Å². The number of nitrogens with two attached hydrogens (primary N) is 1. The number of amides is 1. The van der Waals surface area contributed by atoms with Gasteiger partial charge in [0.15, 0.2) is 11.6 Å². The maximum atomic E-state index is 13.8. The van der Waals surface area contributed by atoms with Crippen LogP contribution in [0.25, 0.3) is 0 Å². The zero-order valence-electron chi connectivity index (χ0n) is 9.96. The zero-order valence-corrected chi connectivity index (χ0v) is 10.8. The molecule has 0 fully saturated rings. The monoisotopic (exact) mass is 273 g/mol. The second kappa shape index (κ2) is 5.72. The quantitative estimate of drug-likeness (QED) is 0.796. The van der Waals surface area contributed by atoms with E-state index >= 15 is 0 Å². The van der Waals surface area contributed by atoms with Gasteiger partial charge in [-0.1, -0.05) is 12.2 Å². The highest BCUT2D eigenvalue weighted by atomic mass is 32.1. The summed E-state index contributed by atoms with van der Waals surface area (Å²) in [5.41, 5.74) is 5.07. The molecule has 0 atom stereocenters. The number of rotatable bonds is 4. The lowest BCUT2D eigenvalue weighted by Crippen LogP contribution is -2.33. The molecule has 3 N–H and O–H groups in total. The van der Waals surface area contributed by atoms with Crippen LogP contribution >= 0.6 is 12.2 Å². The topological polar surface area (TPSA) is 58.4 Å². The molecular formula is C11H13F2N3OS. The maximum absolute atomic E-state index is 13.8. The van der Waals surface area contributed by atoms with Crippen molar-refractivity contribution in [2.75, 3.05) is 25.5 Å². The van der Waals surface area contributed by atoms with Crippen molar-refractivity contribution in [2.45, 2.75) is 0 Å². The molecule has 0 unspecified atom stereocenters. The number of hydrogen-bond acceptors (Lipinski definition) is 3. The number of benzene rings is 1. The highest BCUT2D eigenvalue weighted by Gasteiger charge is 2.18. The third-order valence-electron chi connectivity index (χ3n) is 2.40. The van der Waals surface area contributed by atoms with Crippen molar-refractivity contribution in [3.63, 3.8) is 0 Å². The Labute approximate surface area is 109 Å². The Balaban J connectivity index is 3.08. The molecule has 0 aliphatic carbocycles. The average molecular weight is 273 g/mol. The van der Waals surface area contributed by atoms with E-state index in [4.69, 9.17) is 5.73 Å². The predicted molar refractivity (Wildman–Crippen MR) is 69.6 cm³/mol. The molecule has 1 aromatic rings. The molecule has 0 aliphatic heterocycles. The van der Waals surface area contributed by atoms with Gasteiger partial charge >= 0.3 is 0 Å². The fraction of sp³-hybridized carbons (Fsp3) is 0.273. The van der Waals surface area contributed by atoms with Crippen LogP contribution in [0.15, 0.2) is 12.1 Å². The molecule has 0 saturated heterocycles. The number of hydrogen-bond donors (Lipinski definition) is 2. The summed E-state index contributed by atoms with van der Waals surface area (Å²) < 4.78 is 27.4. The molecule has 4 nitrogen and oxygen atoms in total. The van der Waals surface area contributed by atoms with E-state index in [1.54, 1.807) is 0 Å². The minimum atomic E-state index is -1.11. The van der Waals surface area contributed by atoms with Crippen LogP contribution in [0.4, 0.5) is 14.5 Å². The lowest BCUT2D eigenvalue weighted by molar-refractivity contribution is -0.119. The van der Waals surface area contributed by atoms with Crippen molar-refractivity contribution in [1.29, 1.82) is 0 Å². The van der Waals surface area contributed by atoms with Crippen LogP contribution < -0.4 is 16.0 Å². The molecule has 0 spiro atoms. The number of nitrogens with one attached hydrogen (secondary N) is 1. The summed E-state index contributed by atoms with van der Waals surface area (Å²) in [5, 5.41) is 2.39. The number of nitrogens with zero attached hydrogens (tertiary/aromatic N) is 1. The Hall–Kier alpha value is -1.76. The average Bonchev–Trinajstić information content (AvgIpc) is 2.31. The van der Waals surface area contributed by atoms with Crippen molar-refractivity contribution in [3.05, 3.63) is 29.3 Å². The molecule has 1 amide bonds. The van der Waals surface area contributed by atoms with Gasteiger partial charge in [0, 0.05) is 19.7 Å². The molecule has 1 aromatic carbocycles. The molecule has 0 aliphatic rings. The van der Waals surface area contributed by atoms with Crippen molar-refractivity contribution < 1.29 is 13.6 Å². The molecule has 0 heterocycles. The van der Waals surface area contributed by atoms with Gasteiger partial charge < -0.3 is 16.0 Å². The first-order valence-corrected chi connectivity index (χ1v) is 5.48. The highest BCUT2D eigenvalue weighted by Crippen LogP contribution is 2.23. The Bertz CT molecular complexity index is 493. The second-order valence-electron chi connectivity index (χ2n) is 3.65. The summed E-state index contributed by atoms with van der Waals surface area (Å²) >= 11 is 4.60. The number of halogens is 2. The lowest BCUT2D eigenvalue weighted by Gasteiger charge is -2.19. The van der Waals surface area contributed by atoms with E-state index in [9.17, 15) is 13.6 Å². The van der Waals surface area contributed by atoms with Crippen LogP contribution in [0.1, 0.15) is 5.56 Å². The highest BCUT2D eigenvalue weighted by molar-refractivity contribution is 7.80. The van der Waals surface area contributed by atoms with Crippen LogP contribution in [0.2, 0.25) is 0 Å². The molecular weight excluding hydrogens is 260 g/mol. The van der Waals surface area contributed by atoms with Crippen LogP contribution in [0.3, 0.4) is 0 Å². The van der Waals surface area contributed by atoms with Crippen LogP contribution in [-0.2, 0) is 4.79 Å². The Morgan fingerprint density at radius 3 is 2.56 bits per heavy atom. The normalized spacial score (nSPS) is 10.0. The molecule has 0 bridgehead atoms. The van der Waals surface area contributed by atoms with Crippen LogP contribution in [0, 0.1) is 11.6 Å². The van der Waals surface area contributed by atoms with Crippen LogP contribution in [-0.4, -0.2) is 31.5 Å². The van der Waals surface area contributed by atoms with Crippen molar-refractivity contribution in [2.24, 2.45) is 5.73 Å². The first kappa shape index (κ1) is 14.3.